The predicted molar refractivity (Wildman–Crippen MR) is 96.7 cm³/mol. The molecule has 2 aliphatic heterocycles. The van der Waals surface area contributed by atoms with Gasteiger partial charge in [-0.3, -0.25) is 0 Å². The van der Waals surface area contributed by atoms with Crippen molar-refractivity contribution in [1.82, 2.24) is 18.8 Å². The van der Waals surface area contributed by atoms with Crippen molar-refractivity contribution in [2.45, 2.75) is 50.5 Å². The Morgan fingerprint density at radius 1 is 1.04 bits per heavy atom. The van der Waals surface area contributed by atoms with E-state index in [1.54, 1.807) is 15.7 Å². The van der Waals surface area contributed by atoms with Crippen molar-refractivity contribution in [3.05, 3.63) is 17.8 Å². The third kappa shape index (κ3) is 3.52. The van der Waals surface area contributed by atoms with Crippen molar-refractivity contribution in [2.75, 3.05) is 38.1 Å². The van der Waals surface area contributed by atoms with E-state index in [2.05, 4.69) is 21.2 Å². The van der Waals surface area contributed by atoms with Crippen molar-refractivity contribution < 1.29 is 8.42 Å². The minimum Gasteiger partial charge on any atom is -0.352 e. The average molecular weight is 366 g/mol. The summed E-state index contributed by atoms with van der Waals surface area (Å²) in [5, 5.41) is 8.63. The van der Waals surface area contributed by atoms with Crippen LogP contribution in [0.25, 0.3) is 0 Å². The molecule has 7 nitrogen and oxygen atoms in total. The molecule has 0 amide bonds. The Kier molecular flexibility index (Phi) is 4.68. The van der Waals surface area contributed by atoms with Gasteiger partial charge in [0.25, 0.3) is 10.2 Å². The van der Waals surface area contributed by atoms with Crippen LogP contribution in [0.3, 0.4) is 0 Å². The minimum absolute atomic E-state index is 0.0122. The van der Waals surface area contributed by atoms with Crippen LogP contribution in [0.2, 0.25) is 0 Å². The Balaban J connectivity index is 1.35. The van der Waals surface area contributed by atoms with Crippen molar-refractivity contribution in [1.29, 1.82) is 0 Å². The molecular formula is C17H27N5O2S. The Bertz CT molecular complexity index is 690. The number of aromatic nitrogens is 2. The van der Waals surface area contributed by atoms with Crippen LogP contribution in [0, 0.1) is 0 Å². The van der Waals surface area contributed by atoms with Crippen molar-refractivity contribution >= 4 is 16.0 Å². The molecule has 1 aliphatic carbocycles. The third-order valence-corrected chi connectivity index (χ3v) is 7.67. The molecule has 2 saturated heterocycles. The quantitative estimate of drug-likeness (QED) is 0.793. The number of rotatable bonds is 5. The molecular weight excluding hydrogens is 338 g/mol. The Morgan fingerprint density at radius 3 is 2.28 bits per heavy atom. The van der Waals surface area contributed by atoms with Crippen LogP contribution < -0.4 is 4.90 Å². The van der Waals surface area contributed by atoms with Gasteiger partial charge in [0.05, 0.1) is 11.7 Å². The SMILES string of the molecule is CN(C1CN(c2ccc(C3CC3)nn2)C1)S(=O)(=O)N1CCCCCC1. The van der Waals surface area contributed by atoms with Gasteiger partial charge in [0, 0.05) is 39.1 Å². The molecule has 3 fully saturated rings. The Morgan fingerprint density at radius 2 is 1.72 bits per heavy atom. The van der Waals surface area contributed by atoms with Gasteiger partial charge in [-0.2, -0.15) is 22.1 Å². The van der Waals surface area contributed by atoms with E-state index in [9.17, 15) is 8.42 Å². The predicted octanol–water partition coefficient (Wildman–Crippen LogP) is 1.60. The van der Waals surface area contributed by atoms with E-state index >= 15 is 0 Å². The van der Waals surface area contributed by atoms with Gasteiger partial charge in [-0.15, -0.1) is 5.10 Å². The van der Waals surface area contributed by atoms with Gasteiger partial charge in [-0.05, 0) is 37.8 Å². The summed E-state index contributed by atoms with van der Waals surface area (Å²) < 4.78 is 28.9. The summed E-state index contributed by atoms with van der Waals surface area (Å²) in [7, 11) is -1.64. The van der Waals surface area contributed by atoms with E-state index in [-0.39, 0.29) is 6.04 Å². The lowest BCUT2D eigenvalue weighted by Gasteiger charge is -2.44. The monoisotopic (exact) mass is 365 g/mol. The molecule has 3 heterocycles. The molecule has 25 heavy (non-hydrogen) atoms. The molecule has 3 aliphatic rings. The summed E-state index contributed by atoms with van der Waals surface area (Å²) in [6, 6.07) is 4.09. The van der Waals surface area contributed by atoms with Gasteiger partial charge in [0.15, 0.2) is 5.82 Å². The van der Waals surface area contributed by atoms with E-state index < -0.39 is 10.2 Å². The van der Waals surface area contributed by atoms with E-state index in [0.717, 1.165) is 37.2 Å². The zero-order chi connectivity index (χ0) is 17.4. The van der Waals surface area contributed by atoms with Crippen molar-refractivity contribution in [3.8, 4) is 0 Å². The zero-order valence-corrected chi connectivity index (χ0v) is 15.7. The fourth-order valence-electron chi connectivity index (χ4n) is 3.62. The van der Waals surface area contributed by atoms with Gasteiger partial charge < -0.3 is 4.90 Å². The van der Waals surface area contributed by atoms with Crippen molar-refractivity contribution in [2.24, 2.45) is 0 Å². The second kappa shape index (κ2) is 6.81. The second-order valence-corrected chi connectivity index (χ2v) is 9.47. The highest BCUT2D eigenvalue weighted by atomic mass is 32.2. The first-order chi connectivity index (χ1) is 12.1. The van der Waals surface area contributed by atoms with Crippen LogP contribution in [0.4, 0.5) is 5.82 Å². The second-order valence-electron chi connectivity index (χ2n) is 7.49. The maximum atomic E-state index is 12.8. The number of hydrogen-bond donors (Lipinski definition) is 0. The largest absolute Gasteiger partial charge is 0.352 e. The molecule has 0 aromatic carbocycles. The van der Waals surface area contributed by atoms with Crippen LogP contribution in [0.5, 0.6) is 0 Å². The van der Waals surface area contributed by atoms with Crippen LogP contribution in [0.1, 0.15) is 50.1 Å². The fraction of sp³-hybridized carbons (Fsp3) is 0.765. The number of nitrogens with zero attached hydrogens (tertiary/aromatic N) is 5. The summed E-state index contributed by atoms with van der Waals surface area (Å²) >= 11 is 0. The Labute approximate surface area is 150 Å². The summed E-state index contributed by atoms with van der Waals surface area (Å²) in [5.74, 6) is 1.46. The molecule has 1 aromatic rings. The van der Waals surface area contributed by atoms with Gasteiger partial charge in [0.2, 0.25) is 0 Å². The third-order valence-electron chi connectivity index (χ3n) is 5.62. The van der Waals surface area contributed by atoms with Crippen molar-refractivity contribution in [3.63, 3.8) is 0 Å². The summed E-state index contributed by atoms with van der Waals surface area (Å²) in [6.45, 7) is 2.66. The lowest BCUT2D eigenvalue weighted by atomic mass is 10.1. The first-order valence-corrected chi connectivity index (χ1v) is 10.8. The molecule has 0 atom stereocenters. The maximum absolute atomic E-state index is 12.8. The molecule has 8 heteroatoms. The molecule has 1 aromatic heterocycles. The average Bonchev–Trinajstić information content (AvgIpc) is 3.40. The molecule has 0 radical (unpaired) electrons. The van der Waals surface area contributed by atoms with E-state index in [4.69, 9.17) is 0 Å². The smallest absolute Gasteiger partial charge is 0.282 e. The minimum atomic E-state index is -3.36. The molecule has 4 rings (SSSR count). The number of likely N-dealkylation sites (N-methyl/N-ethyl adjacent to an activating group) is 1. The van der Waals surface area contributed by atoms with E-state index in [1.807, 2.05) is 6.07 Å². The van der Waals surface area contributed by atoms with Gasteiger partial charge in [-0.1, -0.05) is 12.8 Å². The topological polar surface area (TPSA) is 69.6 Å². The molecule has 0 spiro atoms. The van der Waals surface area contributed by atoms with Gasteiger partial charge in [0.1, 0.15) is 0 Å². The van der Waals surface area contributed by atoms with Crippen LogP contribution >= 0.6 is 0 Å². The highest BCUT2D eigenvalue weighted by Crippen LogP contribution is 2.39. The van der Waals surface area contributed by atoms with Crippen LogP contribution in [0.15, 0.2) is 12.1 Å². The summed E-state index contributed by atoms with van der Waals surface area (Å²) in [4.78, 5) is 2.10. The highest BCUT2D eigenvalue weighted by Gasteiger charge is 2.39. The molecule has 1 saturated carbocycles. The lowest BCUT2D eigenvalue weighted by molar-refractivity contribution is 0.280. The lowest BCUT2D eigenvalue weighted by Crippen LogP contribution is -2.62. The standard InChI is InChI=1S/C17H27N5O2S/c1-20(25(23,24)22-10-4-2-3-5-11-22)15-12-21(13-15)17-9-8-16(18-19-17)14-6-7-14/h8-9,14-15H,2-7,10-13H2,1H3. The number of hydrogen-bond acceptors (Lipinski definition) is 5. The van der Waals surface area contributed by atoms with Crippen LogP contribution in [-0.2, 0) is 10.2 Å². The first kappa shape index (κ1) is 17.2. The Hall–Kier alpha value is -1.25. The number of anilines is 1. The van der Waals surface area contributed by atoms with Crippen LogP contribution in [-0.4, -0.2) is 66.5 Å². The molecule has 0 unspecified atom stereocenters. The van der Waals surface area contributed by atoms with E-state index in [0.29, 0.717) is 32.1 Å². The van der Waals surface area contributed by atoms with Gasteiger partial charge in [-0.25, -0.2) is 0 Å². The molecule has 0 bridgehead atoms. The summed E-state index contributed by atoms with van der Waals surface area (Å²) in [5.41, 5.74) is 1.08. The highest BCUT2D eigenvalue weighted by molar-refractivity contribution is 7.86. The fourth-order valence-corrected chi connectivity index (χ4v) is 5.21. The maximum Gasteiger partial charge on any atom is 0.282 e. The first-order valence-electron chi connectivity index (χ1n) is 9.37. The normalized spacial score (nSPS) is 23.5. The van der Waals surface area contributed by atoms with Gasteiger partial charge >= 0.3 is 0 Å². The van der Waals surface area contributed by atoms with E-state index in [1.165, 1.54) is 12.8 Å². The molecule has 0 N–H and O–H groups in total. The summed E-state index contributed by atoms with van der Waals surface area (Å²) in [6.07, 6.45) is 6.63. The molecule has 138 valence electrons. The zero-order valence-electron chi connectivity index (χ0n) is 14.8.